The Morgan fingerprint density at radius 1 is 0.774 bits per heavy atom. The monoisotopic (exact) mass is 413 g/mol. The molecule has 3 aromatic rings. The van der Waals surface area contributed by atoms with Crippen molar-refractivity contribution in [1.82, 2.24) is 4.90 Å². The number of β-lactam (4-membered cyclic amide) rings is 1. The molecule has 1 amide bonds. The van der Waals surface area contributed by atoms with Crippen molar-refractivity contribution in [3.8, 4) is 0 Å². The Kier molecular flexibility index (Phi) is 5.42. The van der Waals surface area contributed by atoms with Gasteiger partial charge in [-0.2, -0.15) is 0 Å². The Balaban J connectivity index is 2.07. The summed E-state index contributed by atoms with van der Waals surface area (Å²) < 4.78 is 5.03. The number of hydrogen-bond acceptors (Lipinski definition) is 4. The van der Waals surface area contributed by atoms with Crippen LogP contribution in [0.2, 0.25) is 0 Å². The predicted octanol–water partition coefficient (Wildman–Crippen LogP) is 3.57. The highest BCUT2D eigenvalue weighted by Crippen LogP contribution is 2.49. The van der Waals surface area contributed by atoms with E-state index in [4.69, 9.17) is 4.74 Å². The van der Waals surface area contributed by atoms with Gasteiger partial charge in [0.05, 0.1) is 7.11 Å². The van der Waals surface area contributed by atoms with Crippen molar-refractivity contribution in [2.75, 3.05) is 7.11 Å². The molecule has 0 radical (unpaired) electrons. The zero-order chi connectivity index (χ0) is 22.0. The molecular weight excluding hydrogens is 390 g/mol. The first-order chi connectivity index (χ1) is 15.0. The Morgan fingerprint density at radius 3 is 1.48 bits per heavy atom. The van der Waals surface area contributed by atoms with E-state index in [1.807, 2.05) is 91.0 Å². The van der Waals surface area contributed by atoms with Gasteiger partial charge >= 0.3 is 5.97 Å². The smallest absolute Gasteiger partial charge is 0.329 e. The topological polar surface area (TPSA) is 63.7 Å². The van der Waals surface area contributed by atoms with Crippen molar-refractivity contribution in [2.24, 2.45) is 5.92 Å². The molecule has 2 atom stereocenters. The fourth-order valence-electron chi connectivity index (χ4n) is 4.58. The lowest BCUT2D eigenvalue weighted by Crippen LogP contribution is -2.73. The highest BCUT2D eigenvalue weighted by molar-refractivity contribution is 6.12. The number of carbonyl (C=O) groups excluding carboxylic acids is 3. The maximum Gasteiger partial charge on any atom is 0.329 e. The van der Waals surface area contributed by atoms with Crippen LogP contribution in [0.3, 0.4) is 0 Å². The molecule has 0 aromatic heterocycles. The van der Waals surface area contributed by atoms with Crippen molar-refractivity contribution in [2.45, 2.75) is 18.5 Å². The number of ether oxygens (including phenoxy) is 1. The molecule has 0 spiro atoms. The fourth-order valence-corrected chi connectivity index (χ4v) is 4.58. The molecule has 0 saturated carbocycles. The van der Waals surface area contributed by atoms with E-state index in [2.05, 4.69) is 0 Å². The van der Waals surface area contributed by atoms with Crippen molar-refractivity contribution in [3.05, 3.63) is 108 Å². The third-order valence-corrected chi connectivity index (χ3v) is 5.91. The van der Waals surface area contributed by atoms with Crippen molar-refractivity contribution in [1.29, 1.82) is 0 Å². The van der Waals surface area contributed by atoms with E-state index >= 15 is 0 Å². The van der Waals surface area contributed by atoms with E-state index < -0.39 is 23.5 Å². The average Bonchev–Trinajstić information content (AvgIpc) is 2.81. The highest BCUT2D eigenvalue weighted by Gasteiger charge is 2.63. The molecular formula is C26H23NO4. The van der Waals surface area contributed by atoms with E-state index in [-0.39, 0.29) is 11.7 Å². The van der Waals surface area contributed by atoms with Crippen LogP contribution in [0.5, 0.6) is 0 Å². The zero-order valence-corrected chi connectivity index (χ0v) is 17.4. The summed E-state index contributed by atoms with van der Waals surface area (Å²) >= 11 is 0. The lowest BCUT2D eigenvalue weighted by atomic mass is 9.69. The molecule has 0 unspecified atom stereocenters. The molecule has 0 aliphatic carbocycles. The molecule has 4 rings (SSSR count). The standard InChI is InChI=1S/C26H23NO4/c1-18(28)22-23(25(30)31-2)27(24(22)29)26(19-12-6-3-7-13-19,20-14-8-4-9-15-20)21-16-10-5-11-17-21/h3-17,22-23H,1-2H3/t22-,23+/m0/s1. The Labute approximate surface area is 181 Å². The normalized spacial score (nSPS) is 18.3. The molecule has 1 aliphatic rings. The van der Waals surface area contributed by atoms with E-state index in [1.165, 1.54) is 18.9 Å². The Bertz CT molecular complexity index is 999. The number of carbonyl (C=O) groups is 3. The van der Waals surface area contributed by atoms with Gasteiger partial charge in [0.2, 0.25) is 5.91 Å². The molecule has 1 saturated heterocycles. The highest BCUT2D eigenvalue weighted by atomic mass is 16.5. The number of benzene rings is 3. The summed E-state index contributed by atoms with van der Waals surface area (Å²) in [5.41, 5.74) is 1.34. The van der Waals surface area contributed by atoms with Gasteiger partial charge in [-0.25, -0.2) is 4.79 Å². The number of likely N-dealkylation sites (tertiary alicyclic amines) is 1. The number of hydrogen-bond donors (Lipinski definition) is 0. The molecule has 1 heterocycles. The lowest BCUT2D eigenvalue weighted by molar-refractivity contribution is -0.181. The molecule has 5 heteroatoms. The van der Waals surface area contributed by atoms with Gasteiger partial charge in [0.1, 0.15) is 23.3 Å². The number of rotatable bonds is 6. The van der Waals surface area contributed by atoms with Gasteiger partial charge in [-0.1, -0.05) is 91.0 Å². The molecule has 1 fully saturated rings. The van der Waals surface area contributed by atoms with Crippen LogP contribution < -0.4 is 0 Å². The van der Waals surface area contributed by atoms with Crippen LogP contribution in [0.15, 0.2) is 91.0 Å². The van der Waals surface area contributed by atoms with Crippen LogP contribution in [0.25, 0.3) is 0 Å². The minimum Gasteiger partial charge on any atom is -0.467 e. The number of esters is 1. The molecule has 3 aromatic carbocycles. The number of ketones is 1. The number of methoxy groups -OCH3 is 1. The van der Waals surface area contributed by atoms with Gasteiger partial charge in [-0.15, -0.1) is 0 Å². The molecule has 0 bridgehead atoms. The van der Waals surface area contributed by atoms with Crippen molar-refractivity contribution < 1.29 is 19.1 Å². The Morgan fingerprint density at radius 2 is 1.16 bits per heavy atom. The van der Waals surface area contributed by atoms with E-state index in [9.17, 15) is 14.4 Å². The Hall–Kier alpha value is -3.73. The van der Waals surface area contributed by atoms with E-state index in [0.29, 0.717) is 0 Å². The summed E-state index contributed by atoms with van der Waals surface area (Å²) in [5.74, 6) is -2.39. The second-order valence-electron chi connectivity index (χ2n) is 7.57. The summed E-state index contributed by atoms with van der Waals surface area (Å²) in [6.45, 7) is 1.34. The third kappa shape index (κ3) is 3.13. The molecule has 1 aliphatic heterocycles. The second kappa shape index (κ2) is 8.19. The summed E-state index contributed by atoms with van der Waals surface area (Å²) in [4.78, 5) is 40.1. The summed E-state index contributed by atoms with van der Waals surface area (Å²) in [6.07, 6.45) is 0. The SMILES string of the molecule is COC(=O)[C@H]1[C@H](C(C)=O)C(=O)N1C(c1ccccc1)(c1ccccc1)c1ccccc1. The second-order valence-corrected chi connectivity index (χ2v) is 7.57. The quantitative estimate of drug-likeness (QED) is 0.268. The molecule has 31 heavy (non-hydrogen) atoms. The fraction of sp³-hybridized carbons (Fsp3) is 0.192. The van der Waals surface area contributed by atoms with Crippen LogP contribution in [-0.4, -0.2) is 35.7 Å². The van der Waals surface area contributed by atoms with Crippen LogP contribution in [0.1, 0.15) is 23.6 Å². The number of nitrogens with zero attached hydrogens (tertiary/aromatic N) is 1. The maximum atomic E-state index is 13.5. The number of amides is 1. The van der Waals surface area contributed by atoms with Crippen LogP contribution in [0.4, 0.5) is 0 Å². The summed E-state index contributed by atoms with van der Waals surface area (Å²) in [7, 11) is 1.27. The van der Waals surface area contributed by atoms with Gasteiger partial charge in [0, 0.05) is 0 Å². The first kappa shape index (κ1) is 20.5. The largest absolute Gasteiger partial charge is 0.467 e. The first-order valence-electron chi connectivity index (χ1n) is 10.1. The van der Waals surface area contributed by atoms with Crippen LogP contribution >= 0.6 is 0 Å². The van der Waals surface area contributed by atoms with Gasteiger partial charge in [-0.05, 0) is 23.6 Å². The average molecular weight is 413 g/mol. The minimum atomic E-state index is -1.11. The van der Waals surface area contributed by atoms with Gasteiger partial charge in [0.15, 0.2) is 0 Å². The van der Waals surface area contributed by atoms with Gasteiger partial charge in [0.25, 0.3) is 0 Å². The van der Waals surface area contributed by atoms with Gasteiger partial charge in [-0.3, -0.25) is 9.59 Å². The molecule has 0 N–H and O–H groups in total. The van der Waals surface area contributed by atoms with Gasteiger partial charge < -0.3 is 9.64 Å². The summed E-state index contributed by atoms with van der Waals surface area (Å²) in [5, 5.41) is 0. The minimum absolute atomic E-state index is 0.347. The number of Topliss-reactive ketones (excluding diaryl/α,β-unsaturated/α-hetero) is 1. The van der Waals surface area contributed by atoms with Crippen LogP contribution in [0, 0.1) is 5.92 Å². The van der Waals surface area contributed by atoms with E-state index in [1.54, 1.807) is 0 Å². The predicted molar refractivity (Wildman–Crippen MR) is 116 cm³/mol. The van der Waals surface area contributed by atoms with E-state index in [0.717, 1.165) is 16.7 Å². The lowest BCUT2D eigenvalue weighted by Gasteiger charge is -2.55. The van der Waals surface area contributed by atoms with Crippen LogP contribution in [-0.2, 0) is 24.7 Å². The first-order valence-corrected chi connectivity index (χ1v) is 10.1. The zero-order valence-electron chi connectivity index (χ0n) is 17.4. The maximum absolute atomic E-state index is 13.5. The molecule has 5 nitrogen and oxygen atoms in total. The molecule has 156 valence electrons. The van der Waals surface area contributed by atoms with Crippen molar-refractivity contribution in [3.63, 3.8) is 0 Å². The third-order valence-electron chi connectivity index (χ3n) is 5.91. The summed E-state index contributed by atoms with van der Waals surface area (Å²) in [6, 6.07) is 27.7. The van der Waals surface area contributed by atoms with Crippen molar-refractivity contribution >= 4 is 17.7 Å².